The summed E-state index contributed by atoms with van der Waals surface area (Å²) in [5, 5.41) is 20.8. The molecule has 0 spiro atoms. The molecule has 0 bridgehead atoms. The van der Waals surface area contributed by atoms with Crippen molar-refractivity contribution in [2.45, 2.75) is 37.2 Å². The molecule has 134 valence electrons. The molecule has 2 rings (SSSR count). The topological polar surface area (TPSA) is 47.6 Å². The molecular weight excluding hydrogens is 356 g/mol. The van der Waals surface area contributed by atoms with Crippen LogP contribution in [0, 0.1) is 36.5 Å². The largest absolute Gasteiger partial charge is 0.196 e. The molecule has 4 heteroatoms. The summed E-state index contributed by atoms with van der Waals surface area (Å²) >= 11 is 3.10. The summed E-state index contributed by atoms with van der Waals surface area (Å²) in [6, 6.07) is 21.2. The summed E-state index contributed by atoms with van der Waals surface area (Å²) in [4.78, 5) is 0. The van der Waals surface area contributed by atoms with Gasteiger partial charge in [0.2, 0.25) is 0 Å². The first-order valence-electron chi connectivity index (χ1n) is 8.74. The van der Waals surface area contributed by atoms with E-state index in [0.717, 1.165) is 33.8 Å². The minimum absolute atomic E-state index is 0.751. The summed E-state index contributed by atoms with van der Waals surface area (Å²) < 4.78 is -1.97. The molecule has 0 saturated heterocycles. The molecule has 0 aromatic heterocycles. The van der Waals surface area contributed by atoms with Crippen molar-refractivity contribution in [3.8, 4) is 12.1 Å². The predicted octanol–water partition coefficient (Wildman–Crippen LogP) is 5.95. The molecule has 0 aliphatic carbocycles. The van der Waals surface area contributed by atoms with Gasteiger partial charge in [0.15, 0.2) is 9.49 Å². The average molecular weight is 381 g/mol. The zero-order valence-electron chi connectivity index (χ0n) is 15.7. The zero-order valence-corrected chi connectivity index (χ0v) is 17.4. The number of hydrogen-bond donors (Lipinski definition) is 0. The van der Waals surface area contributed by atoms with Gasteiger partial charge in [-0.15, -0.1) is 23.5 Å². The van der Waals surface area contributed by atoms with Crippen molar-refractivity contribution in [3.63, 3.8) is 0 Å². The maximum absolute atomic E-state index is 10.4. The molecule has 0 saturated carbocycles. The lowest BCUT2D eigenvalue weighted by Crippen LogP contribution is -2.43. The third-order valence-electron chi connectivity index (χ3n) is 4.45. The summed E-state index contributed by atoms with van der Waals surface area (Å²) in [6.07, 6.45) is 0. The summed E-state index contributed by atoms with van der Waals surface area (Å²) in [6.45, 7) is 8.14. The van der Waals surface area contributed by atoms with Crippen molar-refractivity contribution in [1.29, 1.82) is 10.5 Å². The van der Waals surface area contributed by atoms with Crippen molar-refractivity contribution < 1.29 is 0 Å². The van der Waals surface area contributed by atoms with Crippen molar-refractivity contribution in [2.24, 2.45) is 0 Å². The first kappa shape index (κ1) is 20.4. The van der Waals surface area contributed by atoms with Gasteiger partial charge in [0.25, 0.3) is 0 Å². The van der Waals surface area contributed by atoms with Gasteiger partial charge in [-0.1, -0.05) is 73.5 Å². The van der Waals surface area contributed by atoms with E-state index in [4.69, 9.17) is 0 Å². The number of nitrogens with zero attached hydrogens (tertiary/aromatic N) is 2. The maximum atomic E-state index is 10.4. The minimum Gasteiger partial charge on any atom is -0.196 e. The van der Waals surface area contributed by atoms with Crippen LogP contribution in [0.5, 0.6) is 0 Å². The van der Waals surface area contributed by atoms with Crippen molar-refractivity contribution in [1.82, 2.24) is 0 Å². The molecule has 0 aliphatic rings. The van der Waals surface area contributed by atoms with Gasteiger partial charge in [-0.05, 0) is 36.5 Å². The van der Waals surface area contributed by atoms with E-state index in [1.165, 1.54) is 0 Å². The first-order chi connectivity index (χ1) is 12.5. The fourth-order valence-corrected chi connectivity index (χ4v) is 5.82. The Bertz CT molecular complexity index is 744. The van der Waals surface area contributed by atoms with E-state index in [2.05, 4.69) is 12.1 Å². The normalized spacial score (nSPS) is 15.3. The predicted molar refractivity (Wildman–Crippen MR) is 113 cm³/mol. The second-order valence-electron chi connectivity index (χ2n) is 6.18. The average Bonchev–Trinajstić information content (AvgIpc) is 2.66. The molecule has 0 N–H and O–H groups in total. The lowest BCUT2D eigenvalue weighted by molar-refractivity contribution is 0.645. The minimum atomic E-state index is -0.986. The molecule has 2 atom stereocenters. The standard InChI is InChI=1S/C22H24N2S2/c1-5-25-21(15-23,19-11-7-17(3)8-12-19)22(16-24,26-6-2)20-13-9-18(4)10-14-20/h7-14H,5-6H2,1-4H3. The zero-order chi connectivity index (χ0) is 19.2. The number of rotatable bonds is 7. The van der Waals surface area contributed by atoms with E-state index < -0.39 is 9.49 Å². The Hall–Kier alpha value is -1.88. The smallest absolute Gasteiger partial charge is 0.159 e. The summed E-state index contributed by atoms with van der Waals surface area (Å²) in [7, 11) is 0. The summed E-state index contributed by atoms with van der Waals surface area (Å²) in [5.74, 6) is 1.50. The van der Waals surface area contributed by atoms with Gasteiger partial charge in [-0.3, -0.25) is 0 Å². The Morgan fingerprint density at radius 3 is 1.23 bits per heavy atom. The van der Waals surface area contributed by atoms with E-state index in [0.29, 0.717) is 0 Å². The van der Waals surface area contributed by atoms with Gasteiger partial charge < -0.3 is 0 Å². The number of thioether (sulfide) groups is 2. The highest BCUT2D eigenvalue weighted by Crippen LogP contribution is 2.57. The number of aryl methyl sites for hydroxylation is 2. The molecule has 26 heavy (non-hydrogen) atoms. The Labute approximate surface area is 165 Å². The van der Waals surface area contributed by atoms with Crippen LogP contribution >= 0.6 is 23.5 Å². The highest BCUT2D eigenvalue weighted by atomic mass is 32.2. The number of nitriles is 2. The third kappa shape index (κ3) is 3.50. The SMILES string of the molecule is CCSC(C#N)(c1ccc(C)cc1)C(C#N)(SCC)c1ccc(C)cc1. The molecule has 0 aliphatic heterocycles. The third-order valence-corrected chi connectivity index (χ3v) is 7.29. The second-order valence-corrected chi connectivity index (χ2v) is 9.14. The highest BCUT2D eigenvalue weighted by molar-refractivity contribution is 8.04. The molecule has 2 unspecified atom stereocenters. The van der Waals surface area contributed by atoms with E-state index in [-0.39, 0.29) is 0 Å². The monoisotopic (exact) mass is 380 g/mol. The maximum Gasteiger partial charge on any atom is 0.159 e. The summed E-state index contributed by atoms with van der Waals surface area (Å²) in [5.41, 5.74) is 4.06. The second kappa shape index (κ2) is 8.67. The molecule has 2 aromatic carbocycles. The molecular formula is C22H24N2S2. The van der Waals surface area contributed by atoms with Crippen LogP contribution in [0.15, 0.2) is 48.5 Å². The Morgan fingerprint density at radius 1 is 0.692 bits per heavy atom. The Balaban J connectivity index is 2.82. The van der Waals surface area contributed by atoms with Crippen LogP contribution in [0.25, 0.3) is 0 Å². The highest BCUT2D eigenvalue weighted by Gasteiger charge is 2.55. The van der Waals surface area contributed by atoms with Gasteiger partial charge in [-0.2, -0.15) is 10.5 Å². The molecule has 0 amide bonds. The Kier molecular flexibility index (Phi) is 6.81. The van der Waals surface area contributed by atoms with Crippen LogP contribution in [0.3, 0.4) is 0 Å². The molecule has 2 nitrogen and oxygen atoms in total. The van der Waals surface area contributed by atoms with Gasteiger partial charge in [0.05, 0.1) is 12.1 Å². The van der Waals surface area contributed by atoms with E-state index >= 15 is 0 Å². The van der Waals surface area contributed by atoms with Gasteiger partial charge >= 0.3 is 0 Å². The fourth-order valence-electron chi connectivity index (χ4n) is 3.14. The van der Waals surface area contributed by atoms with Crippen LogP contribution in [-0.2, 0) is 9.49 Å². The molecule has 0 radical (unpaired) electrons. The number of benzene rings is 2. The van der Waals surface area contributed by atoms with E-state index in [1.807, 2.05) is 76.2 Å². The van der Waals surface area contributed by atoms with Crippen LogP contribution in [-0.4, -0.2) is 11.5 Å². The van der Waals surface area contributed by atoms with Crippen LogP contribution in [0.4, 0.5) is 0 Å². The quantitative estimate of drug-likeness (QED) is 0.595. The van der Waals surface area contributed by atoms with Crippen molar-refractivity contribution in [3.05, 3.63) is 70.8 Å². The van der Waals surface area contributed by atoms with E-state index in [9.17, 15) is 10.5 Å². The van der Waals surface area contributed by atoms with Crippen LogP contribution in [0.2, 0.25) is 0 Å². The lowest BCUT2D eigenvalue weighted by atomic mass is 9.80. The van der Waals surface area contributed by atoms with E-state index in [1.54, 1.807) is 23.5 Å². The fraction of sp³-hybridized carbons (Fsp3) is 0.364. The Morgan fingerprint density at radius 2 is 1.00 bits per heavy atom. The lowest BCUT2D eigenvalue weighted by Gasteiger charge is -2.41. The number of hydrogen-bond acceptors (Lipinski definition) is 4. The van der Waals surface area contributed by atoms with Crippen molar-refractivity contribution in [2.75, 3.05) is 11.5 Å². The van der Waals surface area contributed by atoms with Gasteiger partial charge in [0.1, 0.15) is 0 Å². The molecule has 2 aromatic rings. The molecule has 0 heterocycles. The van der Waals surface area contributed by atoms with Crippen molar-refractivity contribution >= 4 is 23.5 Å². The van der Waals surface area contributed by atoms with Crippen LogP contribution < -0.4 is 0 Å². The first-order valence-corrected chi connectivity index (χ1v) is 10.7. The van der Waals surface area contributed by atoms with Gasteiger partial charge in [-0.25, -0.2) is 0 Å². The van der Waals surface area contributed by atoms with Crippen LogP contribution in [0.1, 0.15) is 36.1 Å². The van der Waals surface area contributed by atoms with Gasteiger partial charge in [0, 0.05) is 0 Å². The molecule has 0 fully saturated rings.